The van der Waals surface area contributed by atoms with E-state index < -0.39 is 8.07 Å². The molecule has 1 aromatic carbocycles. The molecule has 238 valence electrons. The monoisotopic (exact) mass is 673 g/mol. The van der Waals surface area contributed by atoms with Gasteiger partial charge >= 0.3 is 0 Å². The molecule has 3 aromatic heterocycles. The van der Waals surface area contributed by atoms with Gasteiger partial charge in [0.15, 0.2) is 8.07 Å². The first-order valence-corrected chi connectivity index (χ1v) is 21.7. The van der Waals surface area contributed by atoms with Crippen molar-refractivity contribution in [2.24, 2.45) is 11.8 Å². The Morgan fingerprint density at radius 3 is 2.02 bits per heavy atom. The summed E-state index contributed by atoms with van der Waals surface area (Å²) in [6, 6.07) is 17.6. The number of carbonyl (C=O) groups excluding carboxylic acids is 2. The van der Waals surface area contributed by atoms with Gasteiger partial charge in [-0.2, -0.15) is 0 Å². The average molecular weight is 674 g/mol. The van der Waals surface area contributed by atoms with Gasteiger partial charge < -0.3 is 0 Å². The molecule has 6 rings (SSSR count). The van der Waals surface area contributed by atoms with E-state index in [9.17, 15) is 9.59 Å². The average Bonchev–Trinajstić information content (AvgIpc) is 3.83. The summed E-state index contributed by atoms with van der Waals surface area (Å²) < 4.78 is 0. The Bertz CT molecular complexity index is 1700. The van der Waals surface area contributed by atoms with Gasteiger partial charge in [0.1, 0.15) is 0 Å². The number of carbonyl (C=O) groups is 2. The molecule has 3 unspecified atom stereocenters. The molecule has 0 saturated heterocycles. The van der Waals surface area contributed by atoms with Gasteiger partial charge in [0.2, 0.25) is 0 Å². The van der Waals surface area contributed by atoms with Gasteiger partial charge in [0.25, 0.3) is 11.8 Å². The van der Waals surface area contributed by atoms with Crippen LogP contribution in [0, 0.1) is 25.7 Å². The zero-order valence-corrected chi connectivity index (χ0v) is 31.2. The molecule has 3 nitrogen and oxygen atoms in total. The van der Waals surface area contributed by atoms with E-state index in [1.165, 1.54) is 61.6 Å². The van der Waals surface area contributed by atoms with E-state index in [1.54, 1.807) is 21.4 Å². The van der Waals surface area contributed by atoms with Crippen molar-refractivity contribution in [3.63, 3.8) is 0 Å². The second-order valence-electron chi connectivity index (χ2n) is 13.2. The first-order chi connectivity index (χ1) is 21.8. The van der Waals surface area contributed by atoms with E-state index in [0.29, 0.717) is 29.5 Å². The summed E-state index contributed by atoms with van der Waals surface area (Å²) in [5, 5.41) is 4.63. The highest BCUT2D eigenvalue weighted by Crippen LogP contribution is 2.48. The van der Waals surface area contributed by atoms with Crippen LogP contribution in [0.25, 0.3) is 19.5 Å². The molecule has 3 atom stereocenters. The van der Waals surface area contributed by atoms with Crippen LogP contribution in [0.5, 0.6) is 0 Å². The van der Waals surface area contributed by atoms with Gasteiger partial charge in [0, 0.05) is 30.9 Å². The predicted molar refractivity (Wildman–Crippen MR) is 198 cm³/mol. The van der Waals surface area contributed by atoms with Crippen LogP contribution in [0.2, 0.25) is 6.04 Å². The van der Waals surface area contributed by atoms with E-state index in [-0.39, 0.29) is 11.8 Å². The minimum atomic E-state index is -2.31. The lowest BCUT2D eigenvalue weighted by molar-refractivity contribution is 0.0624. The van der Waals surface area contributed by atoms with Crippen LogP contribution in [0.3, 0.4) is 0 Å². The highest BCUT2D eigenvalue weighted by molar-refractivity contribution is 7.33. The second-order valence-corrected chi connectivity index (χ2v) is 20.6. The maximum atomic E-state index is 14.1. The fourth-order valence-corrected chi connectivity index (χ4v) is 18.5. The maximum absolute atomic E-state index is 14.1. The predicted octanol–water partition coefficient (Wildman–Crippen LogP) is 9.63. The number of benzene rings is 1. The third-order valence-electron chi connectivity index (χ3n) is 10.3. The Labute approximate surface area is 282 Å². The minimum absolute atomic E-state index is 0.0808. The number of imide groups is 1. The number of thiophene rings is 3. The molecule has 0 fully saturated rings. The molecule has 0 spiro atoms. The van der Waals surface area contributed by atoms with E-state index in [2.05, 4.69) is 77.1 Å². The quantitative estimate of drug-likeness (QED) is 0.0988. The first-order valence-electron chi connectivity index (χ1n) is 17.1. The van der Waals surface area contributed by atoms with Crippen molar-refractivity contribution in [3.05, 3.63) is 63.3 Å². The summed E-state index contributed by atoms with van der Waals surface area (Å²) in [4.78, 5) is 36.8. The Morgan fingerprint density at radius 2 is 1.36 bits per heavy atom. The number of unbranched alkanes of at least 4 members (excludes halogenated alkanes) is 2. The van der Waals surface area contributed by atoms with Gasteiger partial charge in [-0.05, 0) is 65.8 Å². The van der Waals surface area contributed by atoms with Gasteiger partial charge in [-0.1, -0.05) is 103 Å². The third kappa shape index (κ3) is 5.56. The standard InChI is InChI=1S/C38H47NO2S3Si/c1-7-11-16-26(9-3)22-39-37(40)32-25(6)43-34(33(32)38(39)41)29-21-31-36(44-29)35-30(20-24(5)42-35)45(31,28-18-14-13-15-19-28)23-27(10-4)17-12-8-2/h13-15,18-21,26-27H,7-12,16-17,22-23H2,1-6H3. The van der Waals surface area contributed by atoms with Gasteiger partial charge in [-0.15, -0.1) is 34.0 Å². The van der Waals surface area contributed by atoms with Crippen LogP contribution in [0.4, 0.5) is 0 Å². The molecule has 2 aliphatic heterocycles. The van der Waals surface area contributed by atoms with Crippen molar-refractivity contribution in [1.29, 1.82) is 0 Å². The zero-order valence-electron chi connectivity index (χ0n) is 27.8. The topological polar surface area (TPSA) is 37.4 Å². The van der Waals surface area contributed by atoms with Gasteiger partial charge in [0.05, 0.1) is 16.0 Å². The van der Waals surface area contributed by atoms with Crippen molar-refractivity contribution < 1.29 is 9.59 Å². The Morgan fingerprint density at radius 1 is 0.733 bits per heavy atom. The van der Waals surface area contributed by atoms with Crippen LogP contribution in [0.15, 0.2) is 42.5 Å². The highest BCUT2D eigenvalue weighted by atomic mass is 32.1. The molecule has 5 heterocycles. The smallest absolute Gasteiger partial charge is 0.263 e. The SMILES string of the molecule is CCCCC(CC)CN1C(=O)c2c(C)sc(-c3cc4c(s3)-c3sc(C)cc3[Si]4(CC(CC)CCCC)c3ccccc3)c2C1=O. The molecule has 2 amide bonds. The molecule has 0 radical (unpaired) electrons. The van der Waals surface area contributed by atoms with Crippen LogP contribution in [-0.2, 0) is 0 Å². The first kappa shape index (κ1) is 32.6. The second kappa shape index (κ2) is 13.4. The number of aryl methyl sites for hydroxylation is 2. The summed E-state index contributed by atoms with van der Waals surface area (Å²) in [6.07, 6.45) is 9.31. The molecule has 45 heavy (non-hydrogen) atoms. The van der Waals surface area contributed by atoms with Gasteiger partial charge in [-0.25, -0.2) is 0 Å². The normalized spacial score (nSPS) is 18.4. The van der Waals surface area contributed by atoms with Gasteiger partial charge in [-0.3, -0.25) is 14.5 Å². The summed E-state index contributed by atoms with van der Waals surface area (Å²) in [6.45, 7) is 13.9. The molecule has 4 aromatic rings. The fourth-order valence-electron chi connectivity index (χ4n) is 7.76. The third-order valence-corrected chi connectivity index (χ3v) is 19.5. The van der Waals surface area contributed by atoms with E-state index in [0.717, 1.165) is 35.4 Å². The number of rotatable bonds is 14. The highest BCUT2D eigenvalue weighted by Gasteiger charge is 2.51. The van der Waals surface area contributed by atoms with Crippen LogP contribution in [-0.4, -0.2) is 31.3 Å². The number of hydrogen-bond acceptors (Lipinski definition) is 5. The fraction of sp³-hybridized carbons (Fsp3) is 0.474. The van der Waals surface area contributed by atoms with Crippen molar-refractivity contribution in [2.75, 3.05) is 6.54 Å². The molecule has 0 aliphatic carbocycles. The van der Waals surface area contributed by atoms with Crippen LogP contribution < -0.4 is 15.6 Å². The number of fused-ring (bicyclic) bond motifs is 4. The largest absolute Gasteiger partial charge is 0.274 e. The maximum Gasteiger partial charge on any atom is 0.263 e. The van der Waals surface area contributed by atoms with Crippen molar-refractivity contribution in [2.45, 2.75) is 99.0 Å². The van der Waals surface area contributed by atoms with Crippen molar-refractivity contribution >= 4 is 69.5 Å². The number of nitrogens with zero attached hydrogens (tertiary/aromatic N) is 1. The Hall–Kier alpha value is -2.32. The van der Waals surface area contributed by atoms with E-state index in [4.69, 9.17) is 0 Å². The Balaban J connectivity index is 1.47. The minimum Gasteiger partial charge on any atom is -0.274 e. The van der Waals surface area contributed by atoms with Crippen molar-refractivity contribution in [3.8, 4) is 19.5 Å². The number of amides is 2. The Kier molecular flexibility index (Phi) is 9.73. The van der Waals surface area contributed by atoms with Crippen LogP contribution >= 0.6 is 34.0 Å². The molecular formula is C38H47NO2S3Si. The molecule has 7 heteroatoms. The molecule has 2 aliphatic rings. The zero-order chi connectivity index (χ0) is 31.9. The lowest BCUT2D eigenvalue weighted by atomic mass is 9.99. The lowest BCUT2D eigenvalue weighted by Crippen LogP contribution is -2.65. The summed E-state index contributed by atoms with van der Waals surface area (Å²) in [7, 11) is -2.31. The molecule has 0 saturated carbocycles. The molecule has 0 bridgehead atoms. The lowest BCUT2D eigenvalue weighted by Gasteiger charge is -2.33. The molecular weight excluding hydrogens is 627 g/mol. The number of hydrogen-bond donors (Lipinski definition) is 0. The van der Waals surface area contributed by atoms with Crippen molar-refractivity contribution in [1.82, 2.24) is 4.90 Å². The summed E-state index contributed by atoms with van der Waals surface area (Å²) in [5.74, 6) is 0.874. The molecule has 0 N–H and O–H groups in total. The summed E-state index contributed by atoms with van der Waals surface area (Å²) in [5.41, 5.74) is 1.32. The van der Waals surface area contributed by atoms with Crippen LogP contribution in [0.1, 0.15) is 110 Å². The van der Waals surface area contributed by atoms with E-state index >= 15 is 0 Å². The van der Waals surface area contributed by atoms with E-state index in [1.807, 2.05) is 29.6 Å². The summed E-state index contributed by atoms with van der Waals surface area (Å²) >= 11 is 5.46.